The first-order chi connectivity index (χ1) is 15.2. The van der Waals surface area contributed by atoms with Crippen LogP contribution < -0.4 is 5.43 Å². The summed E-state index contributed by atoms with van der Waals surface area (Å²) in [7, 11) is 0. The Morgan fingerprint density at radius 3 is 2.48 bits per heavy atom. The number of carbonyl (C=O) groups is 1. The quantitative estimate of drug-likeness (QED) is 0.208. The second kappa shape index (κ2) is 10.6. The molecule has 0 saturated carbocycles. The monoisotopic (exact) mass is 464 g/mol. The van der Waals surface area contributed by atoms with Crippen molar-refractivity contribution in [1.82, 2.24) is 15.6 Å². The van der Waals surface area contributed by atoms with Crippen LogP contribution in [0.3, 0.4) is 0 Å². The van der Waals surface area contributed by atoms with Crippen LogP contribution in [0.2, 0.25) is 0 Å². The zero-order valence-corrected chi connectivity index (χ0v) is 19.3. The Labute approximate surface area is 193 Å². The summed E-state index contributed by atoms with van der Waals surface area (Å²) in [6.07, 6.45) is 0. The summed E-state index contributed by atoms with van der Waals surface area (Å²) in [6.45, 7) is 1.90. The first-order valence-electron chi connectivity index (χ1n) is 9.63. The molecule has 1 aromatic heterocycles. The molecule has 1 heterocycles. The van der Waals surface area contributed by atoms with Gasteiger partial charge in [-0.15, -0.1) is 10.2 Å². The smallest absolute Gasteiger partial charge is 0.250 e. The van der Waals surface area contributed by atoms with Gasteiger partial charge in [-0.3, -0.25) is 4.79 Å². The lowest BCUT2D eigenvalue weighted by Gasteiger charge is -2.06. The van der Waals surface area contributed by atoms with Gasteiger partial charge in [-0.05, 0) is 23.3 Å². The Morgan fingerprint density at radius 2 is 1.65 bits per heavy atom. The minimum Gasteiger partial charge on any atom is -0.272 e. The predicted octanol–water partition coefficient (Wildman–Crippen LogP) is 5.62. The van der Waals surface area contributed by atoms with E-state index in [1.807, 2.05) is 49.4 Å². The van der Waals surface area contributed by atoms with Gasteiger partial charge in [-0.2, -0.15) is 5.10 Å². The van der Waals surface area contributed by atoms with Crippen molar-refractivity contribution in [2.45, 2.75) is 21.4 Å². The molecule has 0 bridgehead atoms. The summed E-state index contributed by atoms with van der Waals surface area (Å²) in [5.41, 5.74) is 5.67. The number of carbonyl (C=O) groups excluding carboxylic acids is 1. The fourth-order valence-electron chi connectivity index (χ4n) is 2.94. The molecule has 3 aromatic carbocycles. The molecule has 31 heavy (non-hydrogen) atoms. The van der Waals surface area contributed by atoms with Gasteiger partial charge in [-0.25, -0.2) is 5.43 Å². The number of hydrogen-bond acceptors (Lipinski definition) is 7. The number of aromatic nitrogens is 2. The van der Waals surface area contributed by atoms with Crippen LogP contribution in [0.15, 0.2) is 86.6 Å². The standard InChI is InChI=1S/C23H20N4OS3/c1-16(19-13-7-11-18-10-5-6-12-20(18)19)24-25-21(28)15-30-23-27-26-22(31-23)29-14-17-8-3-2-4-9-17/h2-13H,14-15H2,1H3,(H,25,28)/b24-16+. The maximum atomic E-state index is 12.2. The summed E-state index contributed by atoms with van der Waals surface area (Å²) in [5, 5.41) is 14.9. The van der Waals surface area contributed by atoms with E-state index in [1.165, 1.54) is 28.7 Å². The maximum absolute atomic E-state index is 12.2. The van der Waals surface area contributed by atoms with Gasteiger partial charge in [-0.1, -0.05) is 108 Å². The van der Waals surface area contributed by atoms with Crippen LogP contribution in [0, 0.1) is 0 Å². The average Bonchev–Trinajstić information content (AvgIpc) is 3.28. The molecule has 0 fully saturated rings. The number of hydrogen-bond donors (Lipinski definition) is 1. The number of thioether (sulfide) groups is 2. The van der Waals surface area contributed by atoms with Crippen LogP contribution in [-0.2, 0) is 10.5 Å². The summed E-state index contributed by atoms with van der Waals surface area (Å²) in [4.78, 5) is 12.2. The van der Waals surface area contributed by atoms with Gasteiger partial charge in [0.15, 0.2) is 8.68 Å². The molecule has 0 atom stereocenters. The van der Waals surface area contributed by atoms with E-state index in [-0.39, 0.29) is 11.7 Å². The third-order valence-electron chi connectivity index (χ3n) is 4.45. The van der Waals surface area contributed by atoms with Crippen LogP contribution in [0.1, 0.15) is 18.1 Å². The van der Waals surface area contributed by atoms with E-state index < -0.39 is 0 Å². The van der Waals surface area contributed by atoms with E-state index in [9.17, 15) is 4.79 Å². The van der Waals surface area contributed by atoms with Crippen molar-refractivity contribution >= 4 is 57.3 Å². The Hall–Kier alpha value is -2.68. The van der Waals surface area contributed by atoms with Crippen LogP contribution in [0.5, 0.6) is 0 Å². The molecule has 0 radical (unpaired) electrons. The first-order valence-corrected chi connectivity index (χ1v) is 12.4. The summed E-state index contributed by atoms with van der Waals surface area (Å²) in [5.74, 6) is 0.922. The highest BCUT2D eigenvalue weighted by atomic mass is 32.2. The molecule has 156 valence electrons. The second-order valence-electron chi connectivity index (χ2n) is 6.66. The van der Waals surface area contributed by atoms with Gasteiger partial charge in [0.1, 0.15) is 0 Å². The SMILES string of the molecule is C/C(=N\NC(=O)CSc1nnc(SCc2ccccc2)s1)c1cccc2ccccc12. The van der Waals surface area contributed by atoms with Crippen molar-refractivity contribution in [3.05, 3.63) is 83.9 Å². The highest BCUT2D eigenvalue weighted by Crippen LogP contribution is 2.30. The molecule has 4 rings (SSSR count). The van der Waals surface area contributed by atoms with Gasteiger partial charge in [0, 0.05) is 11.3 Å². The molecule has 0 spiro atoms. The minimum atomic E-state index is -0.168. The van der Waals surface area contributed by atoms with E-state index in [4.69, 9.17) is 0 Å². The average molecular weight is 465 g/mol. The number of benzene rings is 3. The fourth-order valence-corrected chi connectivity index (χ4v) is 5.71. The van der Waals surface area contributed by atoms with E-state index >= 15 is 0 Å². The van der Waals surface area contributed by atoms with Gasteiger partial charge >= 0.3 is 0 Å². The van der Waals surface area contributed by atoms with Crippen molar-refractivity contribution in [3.63, 3.8) is 0 Å². The fraction of sp³-hybridized carbons (Fsp3) is 0.130. The number of hydrazone groups is 1. The maximum Gasteiger partial charge on any atom is 0.250 e. The Kier molecular flexibility index (Phi) is 7.35. The number of nitrogens with zero attached hydrogens (tertiary/aromatic N) is 3. The molecule has 0 aliphatic carbocycles. The van der Waals surface area contributed by atoms with Crippen molar-refractivity contribution in [2.75, 3.05) is 5.75 Å². The third-order valence-corrected chi connectivity index (χ3v) is 7.71. The molecule has 8 heteroatoms. The first kappa shape index (κ1) is 21.5. The van der Waals surface area contributed by atoms with Crippen LogP contribution in [0.25, 0.3) is 10.8 Å². The van der Waals surface area contributed by atoms with Gasteiger partial charge in [0.25, 0.3) is 5.91 Å². The number of nitrogens with one attached hydrogen (secondary N) is 1. The highest BCUT2D eigenvalue weighted by Gasteiger charge is 2.09. The number of fused-ring (bicyclic) bond motifs is 1. The molecule has 1 amide bonds. The lowest BCUT2D eigenvalue weighted by atomic mass is 10.0. The zero-order valence-electron chi connectivity index (χ0n) is 16.8. The van der Waals surface area contributed by atoms with Crippen molar-refractivity contribution < 1.29 is 4.79 Å². The Morgan fingerprint density at radius 1 is 0.935 bits per heavy atom. The molecule has 4 aromatic rings. The van der Waals surface area contributed by atoms with Crippen LogP contribution in [-0.4, -0.2) is 27.6 Å². The van der Waals surface area contributed by atoms with E-state index in [2.05, 4.69) is 51.1 Å². The largest absolute Gasteiger partial charge is 0.272 e. The molecule has 1 N–H and O–H groups in total. The molecular weight excluding hydrogens is 444 g/mol. The van der Waals surface area contributed by atoms with Gasteiger partial charge < -0.3 is 0 Å². The molecule has 0 saturated heterocycles. The highest BCUT2D eigenvalue weighted by molar-refractivity contribution is 8.03. The molecular formula is C23H20N4OS3. The molecule has 0 unspecified atom stereocenters. The van der Waals surface area contributed by atoms with Crippen molar-refractivity contribution in [3.8, 4) is 0 Å². The third kappa shape index (κ3) is 5.94. The predicted molar refractivity (Wildman–Crippen MR) is 131 cm³/mol. The topological polar surface area (TPSA) is 67.2 Å². The van der Waals surface area contributed by atoms with E-state index in [0.29, 0.717) is 0 Å². The number of amides is 1. The minimum absolute atomic E-state index is 0.168. The number of rotatable bonds is 8. The molecule has 0 aliphatic rings. The van der Waals surface area contributed by atoms with Gasteiger partial charge in [0.2, 0.25) is 0 Å². The normalized spacial score (nSPS) is 11.6. The Balaban J connectivity index is 1.29. The van der Waals surface area contributed by atoms with Crippen molar-refractivity contribution in [1.29, 1.82) is 0 Å². The molecule has 5 nitrogen and oxygen atoms in total. The van der Waals surface area contributed by atoms with E-state index in [1.54, 1.807) is 11.8 Å². The zero-order chi connectivity index (χ0) is 21.5. The summed E-state index contributed by atoms with van der Waals surface area (Å²) < 4.78 is 1.68. The molecule has 0 aliphatic heterocycles. The van der Waals surface area contributed by atoms with Crippen LogP contribution >= 0.6 is 34.9 Å². The van der Waals surface area contributed by atoms with Gasteiger partial charge in [0.05, 0.1) is 11.5 Å². The van der Waals surface area contributed by atoms with Crippen molar-refractivity contribution in [2.24, 2.45) is 5.10 Å². The van der Waals surface area contributed by atoms with Crippen LogP contribution in [0.4, 0.5) is 0 Å². The second-order valence-corrected chi connectivity index (χ2v) is 10.1. The lowest BCUT2D eigenvalue weighted by Crippen LogP contribution is -2.21. The Bertz CT molecular complexity index is 1200. The summed E-state index contributed by atoms with van der Waals surface area (Å²) in [6, 6.07) is 24.5. The van der Waals surface area contributed by atoms with E-state index in [0.717, 1.165) is 36.5 Å². The lowest BCUT2D eigenvalue weighted by molar-refractivity contribution is -0.118. The summed E-state index contributed by atoms with van der Waals surface area (Å²) >= 11 is 4.53.